The zero-order chi connectivity index (χ0) is 13.0. The Kier molecular flexibility index (Phi) is 4.15. The summed E-state index contributed by atoms with van der Waals surface area (Å²) in [6.07, 6.45) is 0. The fraction of sp³-hybridized carbons (Fsp3) is 0.286. The van der Waals surface area contributed by atoms with Crippen LogP contribution in [-0.4, -0.2) is 16.5 Å². The third-order valence-electron chi connectivity index (χ3n) is 2.76. The molecule has 2 rings (SSSR count). The van der Waals surface area contributed by atoms with Crippen LogP contribution in [0.25, 0.3) is 0 Å². The van der Waals surface area contributed by atoms with Crippen LogP contribution in [0.5, 0.6) is 0 Å². The molecule has 0 spiro atoms. The molecule has 0 aliphatic heterocycles. The van der Waals surface area contributed by atoms with E-state index in [0.29, 0.717) is 16.9 Å². The zero-order valence-electron chi connectivity index (χ0n) is 10.5. The highest BCUT2D eigenvalue weighted by atomic mass is 35.5. The Morgan fingerprint density at radius 3 is 2.61 bits per heavy atom. The molecule has 1 atom stereocenters. The van der Waals surface area contributed by atoms with Crippen molar-refractivity contribution in [3.05, 3.63) is 52.9 Å². The molecule has 1 N–H and O–H groups in total. The maximum Gasteiger partial charge on any atom is 0.134 e. The number of halogens is 1. The number of hydrogen-bond donors (Lipinski definition) is 1. The fourth-order valence-electron chi connectivity index (χ4n) is 1.78. The lowest BCUT2D eigenvalue weighted by Gasteiger charge is -2.13. The van der Waals surface area contributed by atoms with E-state index in [2.05, 4.69) is 46.5 Å². The van der Waals surface area contributed by atoms with Crippen molar-refractivity contribution in [3.63, 3.8) is 0 Å². The first kappa shape index (κ1) is 12.8. The van der Waals surface area contributed by atoms with Gasteiger partial charge in [-0.05, 0) is 18.4 Å². The normalized spacial score (nSPS) is 12.2. The molecular weight excluding hydrogens is 246 g/mol. The van der Waals surface area contributed by atoms with Crippen LogP contribution in [0.2, 0.25) is 5.15 Å². The first-order chi connectivity index (χ1) is 8.65. The Hall–Kier alpha value is -1.61. The lowest BCUT2D eigenvalue weighted by atomic mass is 10.0. The van der Waals surface area contributed by atoms with E-state index in [9.17, 15) is 0 Å². The van der Waals surface area contributed by atoms with Crippen molar-refractivity contribution in [2.24, 2.45) is 0 Å². The molecule has 0 aliphatic carbocycles. The van der Waals surface area contributed by atoms with E-state index in [-0.39, 0.29) is 0 Å². The number of rotatable bonds is 4. The van der Waals surface area contributed by atoms with Gasteiger partial charge in [0.25, 0.3) is 0 Å². The number of nitrogens with one attached hydrogen (secondary N) is 1. The van der Waals surface area contributed by atoms with Crippen molar-refractivity contribution in [1.29, 1.82) is 0 Å². The Morgan fingerprint density at radius 1 is 1.22 bits per heavy atom. The van der Waals surface area contributed by atoms with Gasteiger partial charge in [0.05, 0.1) is 0 Å². The summed E-state index contributed by atoms with van der Waals surface area (Å²) < 4.78 is 0. The van der Waals surface area contributed by atoms with Gasteiger partial charge in [0.2, 0.25) is 0 Å². The van der Waals surface area contributed by atoms with Crippen LogP contribution in [-0.2, 0) is 0 Å². The number of hydrogen-bond acceptors (Lipinski definition) is 3. The van der Waals surface area contributed by atoms with Gasteiger partial charge >= 0.3 is 0 Å². The third-order valence-corrected chi connectivity index (χ3v) is 2.96. The van der Waals surface area contributed by atoms with Crippen molar-refractivity contribution in [2.45, 2.75) is 19.8 Å². The molecule has 0 aliphatic rings. The molecule has 0 fully saturated rings. The summed E-state index contributed by atoms with van der Waals surface area (Å²) in [5, 5.41) is 3.76. The average Bonchev–Trinajstić information content (AvgIpc) is 2.36. The van der Waals surface area contributed by atoms with E-state index in [1.807, 2.05) is 13.0 Å². The predicted molar refractivity (Wildman–Crippen MR) is 75.1 cm³/mol. The van der Waals surface area contributed by atoms with Gasteiger partial charge in [-0.2, -0.15) is 0 Å². The van der Waals surface area contributed by atoms with Crippen molar-refractivity contribution in [1.82, 2.24) is 9.97 Å². The van der Waals surface area contributed by atoms with Gasteiger partial charge < -0.3 is 5.32 Å². The molecule has 0 saturated carbocycles. The molecule has 3 nitrogen and oxygen atoms in total. The van der Waals surface area contributed by atoms with Gasteiger partial charge in [-0.25, -0.2) is 9.97 Å². The molecule has 0 radical (unpaired) electrons. The molecule has 94 valence electrons. The fourth-order valence-corrected chi connectivity index (χ4v) is 2.00. The van der Waals surface area contributed by atoms with Gasteiger partial charge in [0, 0.05) is 12.6 Å². The van der Waals surface area contributed by atoms with Crippen molar-refractivity contribution < 1.29 is 0 Å². The number of nitrogens with zero attached hydrogens (tertiary/aromatic N) is 2. The smallest absolute Gasteiger partial charge is 0.134 e. The Labute approximate surface area is 112 Å². The van der Waals surface area contributed by atoms with Crippen LogP contribution in [0.4, 0.5) is 5.82 Å². The molecule has 0 bridgehead atoms. The third kappa shape index (κ3) is 3.44. The summed E-state index contributed by atoms with van der Waals surface area (Å²) in [7, 11) is 0. The van der Waals surface area contributed by atoms with Crippen LogP contribution < -0.4 is 5.32 Å². The summed E-state index contributed by atoms with van der Waals surface area (Å²) in [5.41, 5.74) is 1.31. The highest BCUT2D eigenvalue weighted by Gasteiger charge is 2.06. The van der Waals surface area contributed by atoms with Gasteiger partial charge in [0.15, 0.2) is 0 Å². The van der Waals surface area contributed by atoms with E-state index in [0.717, 1.165) is 12.4 Å². The monoisotopic (exact) mass is 261 g/mol. The van der Waals surface area contributed by atoms with Crippen molar-refractivity contribution in [2.75, 3.05) is 11.9 Å². The largest absolute Gasteiger partial charge is 0.369 e. The minimum atomic E-state index is 0.417. The molecule has 1 aromatic carbocycles. The van der Waals surface area contributed by atoms with Crippen LogP contribution >= 0.6 is 11.6 Å². The van der Waals surface area contributed by atoms with Crippen LogP contribution in [0.15, 0.2) is 36.4 Å². The van der Waals surface area contributed by atoms with E-state index >= 15 is 0 Å². The number of aryl methyl sites for hydroxylation is 1. The molecule has 1 heterocycles. The maximum atomic E-state index is 5.89. The van der Waals surface area contributed by atoms with Crippen molar-refractivity contribution in [3.8, 4) is 0 Å². The van der Waals surface area contributed by atoms with Crippen LogP contribution in [0.1, 0.15) is 24.2 Å². The molecule has 1 unspecified atom stereocenters. The second-order valence-corrected chi connectivity index (χ2v) is 4.70. The Bertz CT molecular complexity index is 493. The van der Waals surface area contributed by atoms with E-state index in [1.165, 1.54) is 5.56 Å². The standard InChI is InChI=1S/C14H16ClN3/c1-10(12-6-4-3-5-7-12)9-16-14-8-13(15)17-11(2)18-14/h3-8,10H,9H2,1-2H3,(H,16,17,18). The molecule has 4 heteroatoms. The van der Waals surface area contributed by atoms with Gasteiger partial charge in [-0.3, -0.25) is 0 Å². The lowest BCUT2D eigenvalue weighted by molar-refractivity contribution is 0.799. The average molecular weight is 262 g/mol. The van der Waals surface area contributed by atoms with Gasteiger partial charge in [-0.1, -0.05) is 48.9 Å². The summed E-state index contributed by atoms with van der Waals surface area (Å²) in [5.74, 6) is 1.87. The van der Waals surface area contributed by atoms with Crippen LogP contribution in [0.3, 0.4) is 0 Å². The van der Waals surface area contributed by atoms with Crippen molar-refractivity contribution >= 4 is 17.4 Å². The van der Waals surface area contributed by atoms with Gasteiger partial charge in [0.1, 0.15) is 16.8 Å². The quantitative estimate of drug-likeness (QED) is 0.854. The van der Waals surface area contributed by atoms with E-state index < -0.39 is 0 Å². The second-order valence-electron chi connectivity index (χ2n) is 4.32. The number of aromatic nitrogens is 2. The summed E-state index contributed by atoms with van der Waals surface area (Å²) >= 11 is 5.89. The zero-order valence-corrected chi connectivity index (χ0v) is 11.3. The molecule has 0 saturated heterocycles. The minimum Gasteiger partial charge on any atom is -0.369 e. The molecular formula is C14H16ClN3. The Balaban J connectivity index is 1.99. The lowest BCUT2D eigenvalue weighted by Crippen LogP contribution is -2.11. The number of anilines is 1. The molecule has 2 aromatic rings. The summed E-state index contributed by atoms with van der Waals surface area (Å²) in [4.78, 5) is 8.33. The molecule has 18 heavy (non-hydrogen) atoms. The topological polar surface area (TPSA) is 37.8 Å². The highest BCUT2D eigenvalue weighted by molar-refractivity contribution is 6.29. The van der Waals surface area contributed by atoms with Crippen LogP contribution in [0, 0.1) is 6.92 Å². The van der Waals surface area contributed by atoms with Gasteiger partial charge in [-0.15, -0.1) is 0 Å². The Morgan fingerprint density at radius 2 is 1.94 bits per heavy atom. The maximum absolute atomic E-state index is 5.89. The first-order valence-electron chi connectivity index (χ1n) is 5.95. The first-order valence-corrected chi connectivity index (χ1v) is 6.33. The van der Waals surface area contributed by atoms with E-state index in [1.54, 1.807) is 6.07 Å². The highest BCUT2D eigenvalue weighted by Crippen LogP contribution is 2.16. The predicted octanol–water partition coefficient (Wildman–Crippen LogP) is 3.65. The molecule has 0 amide bonds. The molecule has 1 aromatic heterocycles. The minimum absolute atomic E-state index is 0.417. The number of benzene rings is 1. The summed E-state index contributed by atoms with van der Waals surface area (Å²) in [6.45, 7) is 4.83. The SMILES string of the molecule is Cc1nc(Cl)cc(NCC(C)c2ccccc2)n1. The second kappa shape index (κ2) is 5.83. The summed E-state index contributed by atoms with van der Waals surface area (Å²) in [6, 6.07) is 12.1. The van der Waals surface area contributed by atoms with E-state index in [4.69, 9.17) is 11.6 Å².